The Morgan fingerprint density at radius 2 is 1.35 bits per heavy atom. The number of amides is 1. The molecule has 0 fully saturated rings. The normalized spacial score (nSPS) is 9.70. The van der Waals surface area contributed by atoms with Crippen LogP contribution >= 0.6 is 0 Å². The molecule has 5 heteroatoms. The summed E-state index contributed by atoms with van der Waals surface area (Å²) in [5.41, 5.74) is 7.05. The second-order valence-electron chi connectivity index (χ2n) is 4.08. The molecule has 5 nitrogen and oxygen atoms in total. The number of benzene rings is 2. The van der Waals surface area contributed by atoms with Gasteiger partial charge in [0, 0.05) is 19.8 Å². The Labute approximate surface area is 118 Å². The molecule has 0 radical (unpaired) electrons. The highest BCUT2D eigenvalue weighted by Crippen LogP contribution is 2.20. The standard InChI is InChI=1S/C14H15N3.CH3NO/c1-17(2)14-10-8-13(9-11-14)16-15-12-6-4-3-5-7-12;2-1-3/h3-11H,1-2H3;1H,(H2,2,3). The maximum absolute atomic E-state index is 8.58. The molecule has 1 amide bonds. The molecule has 0 aliphatic heterocycles. The number of primary amides is 1. The number of nitrogens with zero attached hydrogens (tertiary/aromatic N) is 3. The van der Waals surface area contributed by atoms with Crippen molar-refractivity contribution < 1.29 is 4.79 Å². The van der Waals surface area contributed by atoms with E-state index < -0.39 is 0 Å². The Hall–Kier alpha value is -2.69. The third kappa shape index (κ3) is 5.30. The van der Waals surface area contributed by atoms with Gasteiger partial charge in [-0.2, -0.15) is 10.2 Å². The van der Waals surface area contributed by atoms with Crippen LogP contribution in [0.25, 0.3) is 0 Å². The zero-order valence-electron chi connectivity index (χ0n) is 11.6. The maximum atomic E-state index is 8.58. The summed E-state index contributed by atoms with van der Waals surface area (Å²) < 4.78 is 0. The zero-order valence-corrected chi connectivity index (χ0v) is 11.6. The lowest BCUT2D eigenvalue weighted by atomic mass is 10.3. The fourth-order valence-corrected chi connectivity index (χ4v) is 1.43. The number of azo groups is 1. The first-order valence-electron chi connectivity index (χ1n) is 6.07. The van der Waals surface area contributed by atoms with Crippen LogP contribution in [-0.4, -0.2) is 20.5 Å². The van der Waals surface area contributed by atoms with Gasteiger partial charge in [0.1, 0.15) is 0 Å². The molecule has 104 valence electrons. The van der Waals surface area contributed by atoms with Gasteiger partial charge in [0.15, 0.2) is 0 Å². The predicted octanol–water partition coefficient (Wildman–Crippen LogP) is 3.27. The first-order valence-corrected chi connectivity index (χ1v) is 6.07. The Bertz CT molecular complexity index is 536. The van der Waals surface area contributed by atoms with E-state index in [2.05, 4.69) is 20.9 Å². The first kappa shape index (κ1) is 15.4. The van der Waals surface area contributed by atoms with E-state index >= 15 is 0 Å². The van der Waals surface area contributed by atoms with E-state index in [0.717, 1.165) is 17.1 Å². The number of nitrogens with two attached hydrogens (primary N) is 1. The lowest BCUT2D eigenvalue weighted by Crippen LogP contribution is -2.07. The summed E-state index contributed by atoms with van der Waals surface area (Å²) in [6, 6.07) is 17.7. The summed E-state index contributed by atoms with van der Waals surface area (Å²) in [6.07, 6.45) is 0.250. The van der Waals surface area contributed by atoms with Crippen molar-refractivity contribution >= 4 is 23.5 Å². The van der Waals surface area contributed by atoms with Crippen LogP contribution in [0.2, 0.25) is 0 Å². The fraction of sp³-hybridized carbons (Fsp3) is 0.133. The largest absolute Gasteiger partial charge is 0.378 e. The third-order valence-electron chi connectivity index (χ3n) is 2.40. The van der Waals surface area contributed by atoms with Crippen molar-refractivity contribution in [2.24, 2.45) is 16.0 Å². The van der Waals surface area contributed by atoms with Crippen LogP contribution in [0.15, 0.2) is 64.8 Å². The monoisotopic (exact) mass is 270 g/mol. The van der Waals surface area contributed by atoms with Gasteiger partial charge in [-0.25, -0.2) is 0 Å². The van der Waals surface area contributed by atoms with E-state index in [1.807, 2.05) is 68.7 Å². The summed E-state index contributed by atoms with van der Waals surface area (Å²) in [7, 11) is 4.03. The Morgan fingerprint density at radius 3 is 1.80 bits per heavy atom. The number of carbonyl (C=O) groups excluding carboxylic acids is 1. The topological polar surface area (TPSA) is 71.1 Å². The highest BCUT2D eigenvalue weighted by Gasteiger charge is 1.94. The molecule has 20 heavy (non-hydrogen) atoms. The van der Waals surface area contributed by atoms with Gasteiger partial charge >= 0.3 is 0 Å². The van der Waals surface area contributed by atoms with E-state index in [0.29, 0.717) is 0 Å². The van der Waals surface area contributed by atoms with Crippen molar-refractivity contribution in [2.75, 3.05) is 19.0 Å². The number of hydrogen-bond donors (Lipinski definition) is 1. The van der Waals surface area contributed by atoms with Gasteiger partial charge < -0.3 is 10.6 Å². The van der Waals surface area contributed by atoms with Crippen molar-refractivity contribution in [1.82, 2.24) is 0 Å². The summed E-state index contributed by atoms with van der Waals surface area (Å²) in [5, 5.41) is 8.35. The molecule has 0 saturated heterocycles. The number of carbonyl (C=O) groups is 1. The summed E-state index contributed by atoms with van der Waals surface area (Å²) in [6.45, 7) is 0. The van der Waals surface area contributed by atoms with Crippen LogP contribution in [0.3, 0.4) is 0 Å². The molecule has 0 atom stereocenters. The molecule has 0 unspecified atom stereocenters. The molecule has 0 spiro atoms. The van der Waals surface area contributed by atoms with E-state index in [9.17, 15) is 0 Å². The molecular formula is C15H18N4O. The van der Waals surface area contributed by atoms with Crippen molar-refractivity contribution in [1.29, 1.82) is 0 Å². The fourth-order valence-electron chi connectivity index (χ4n) is 1.43. The molecular weight excluding hydrogens is 252 g/mol. The second-order valence-corrected chi connectivity index (χ2v) is 4.08. The molecule has 2 N–H and O–H groups in total. The summed E-state index contributed by atoms with van der Waals surface area (Å²) in [5.74, 6) is 0. The molecule has 0 bridgehead atoms. The first-order chi connectivity index (χ1) is 9.67. The SMILES string of the molecule is CN(C)c1ccc(N=Nc2ccccc2)cc1.NC=O. The minimum Gasteiger partial charge on any atom is -0.378 e. The predicted molar refractivity (Wildman–Crippen MR) is 81.6 cm³/mol. The molecule has 2 aromatic rings. The maximum Gasteiger partial charge on any atom is 0.204 e. The van der Waals surface area contributed by atoms with Crippen LogP contribution in [-0.2, 0) is 4.79 Å². The molecule has 0 saturated carbocycles. The minimum absolute atomic E-state index is 0.250. The highest BCUT2D eigenvalue weighted by molar-refractivity contribution is 5.51. The molecule has 0 aliphatic rings. The van der Waals surface area contributed by atoms with E-state index in [-0.39, 0.29) is 6.41 Å². The van der Waals surface area contributed by atoms with E-state index in [1.54, 1.807) is 0 Å². The third-order valence-corrected chi connectivity index (χ3v) is 2.40. The van der Waals surface area contributed by atoms with Gasteiger partial charge in [-0.05, 0) is 36.4 Å². The van der Waals surface area contributed by atoms with Crippen LogP contribution in [0, 0.1) is 0 Å². The van der Waals surface area contributed by atoms with Crippen molar-refractivity contribution in [3.63, 3.8) is 0 Å². The van der Waals surface area contributed by atoms with E-state index in [1.165, 1.54) is 0 Å². The van der Waals surface area contributed by atoms with Gasteiger partial charge in [0.05, 0.1) is 11.4 Å². The molecule has 0 aliphatic carbocycles. The van der Waals surface area contributed by atoms with E-state index in [4.69, 9.17) is 4.79 Å². The average Bonchev–Trinajstić information content (AvgIpc) is 2.47. The summed E-state index contributed by atoms with van der Waals surface area (Å²) >= 11 is 0. The average molecular weight is 270 g/mol. The number of anilines is 1. The van der Waals surface area contributed by atoms with Gasteiger partial charge in [-0.15, -0.1) is 0 Å². The molecule has 2 aromatic carbocycles. The van der Waals surface area contributed by atoms with Crippen molar-refractivity contribution in [2.45, 2.75) is 0 Å². The van der Waals surface area contributed by atoms with Gasteiger partial charge in [0.25, 0.3) is 0 Å². The van der Waals surface area contributed by atoms with Gasteiger partial charge in [-0.1, -0.05) is 18.2 Å². The van der Waals surface area contributed by atoms with Crippen LogP contribution < -0.4 is 10.6 Å². The van der Waals surface area contributed by atoms with Crippen LogP contribution in [0.5, 0.6) is 0 Å². The second kappa shape index (κ2) is 8.42. The number of rotatable bonds is 3. The molecule has 0 heterocycles. The van der Waals surface area contributed by atoms with Crippen molar-refractivity contribution in [3.8, 4) is 0 Å². The Balaban J connectivity index is 0.000000612. The lowest BCUT2D eigenvalue weighted by molar-refractivity contribution is -0.106. The highest BCUT2D eigenvalue weighted by atomic mass is 16.1. The number of hydrogen-bond acceptors (Lipinski definition) is 4. The molecule has 2 rings (SSSR count). The quantitative estimate of drug-likeness (QED) is 0.686. The van der Waals surface area contributed by atoms with Gasteiger partial charge in [-0.3, -0.25) is 4.79 Å². The molecule has 0 aromatic heterocycles. The lowest BCUT2D eigenvalue weighted by Gasteiger charge is -2.11. The van der Waals surface area contributed by atoms with Crippen molar-refractivity contribution in [3.05, 3.63) is 54.6 Å². The van der Waals surface area contributed by atoms with Crippen LogP contribution in [0.4, 0.5) is 17.1 Å². The smallest absolute Gasteiger partial charge is 0.204 e. The minimum atomic E-state index is 0.250. The van der Waals surface area contributed by atoms with Gasteiger partial charge in [0.2, 0.25) is 6.41 Å². The summed E-state index contributed by atoms with van der Waals surface area (Å²) in [4.78, 5) is 10.6. The Morgan fingerprint density at radius 1 is 0.900 bits per heavy atom. The Kier molecular flexibility index (Phi) is 6.47. The van der Waals surface area contributed by atoms with Crippen LogP contribution in [0.1, 0.15) is 0 Å². The zero-order chi connectivity index (χ0) is 14.8.